The fraction of sp³-hybridized carbons (Fsp3) is 0.364. The van der Waals surface area contributed by atoms with Crippen LogP contribution in [0, 0.1) is 5.82 Å². The molecule has 1 aromatic rings. The van der Waals surface area contributed by atoms with Crippen molar-refractivity contribution in [1.29, 1.82) is 0 Å². The van der Waals surface area contributed by atoms with Crippen LogP contribution in [-0.4, -0.2) is 18.8 Å². The maximum atomic E-state index is 13.2. The van der Waals surface area contributed by atoms with Gasteiger partial charge in [-0.3, -0.25) is 4.79 Å². The molecule has 0 heterocycles. The number of hydrogen-bond acceptors (Lipinski definition) is 2. The van der Waals surface area contributed by atoms with Gasteiger partial charge >= 0.3 is 0 Å². The molecule has 0 radical (unpaired) electrons. The number of rotatable bonds is 5. The summed E-state index contributed by atoms with van der Waals surface area (Å²) in [5.74, 6) is 0.125. The highest BCUT2D eigenvalue weighted by atomic mass is 79.9. The summed E-state index contributed by atoms with van der Waals surface area (Å²) in [4.78, 5) is 11.8. The summed E-state index contributed by atoms with van der Waals surface area (Å²) in [6.07, 6.45) is 0.927. The summed E-state index contributed by atoms with van der Waals surface area (Å²) < 4.78 is 18.4. The summed E-state index contributed by atoms with van der Waals surface area (Å²) >= 11 is 8.55. The molecule has 2 nitrogen and oxygen atoms in total. The third kappa shape index (κ3) is 3.19. The number of alkyl halides is 1. The van der Waals surface area contributed by atoms with Crippen LogP contribution in [0.5, 0.6) is 5.75 Å². The van der Waals surface area contributed by atoms with Gasteiger partial charge in [0.1, 0.15) is 11.6 Å². The molecule has 0 fully saturated rings. The molecule has 1 rings (SSSR count). The number of carbonyl (C=O) groups excluding carboxylic acids is 1. The molecule has 0 bridgehead atoms. The molecule has 0 unspecified atom stereocenters. The highest BCUT2D eigenvalue weighted by Crippen LogP contribution is 2.27. The average Bonchev–Trinajstić information content (AvgIpc) is 2.28. The van der Waals surface area contributed by atoms with Crippen LogP contribution in [0.4, 0.5) is 4.39 Å². The van der Waals surface area contributed by atoms with Gasteiger partial charge in [-0.05, 0) is 28.4 Å². The number of methoxy groups -OCH3 is 1. The molecule has 0 amide bonds. The molecule has 1 aromatic carbocycles. The predicted octanol–water partition coefficient (Wildman–Crippen LogP) is 3.80. The zero-order valence-electron chi connectivity index (χ0n) is 8.73. The molecular formula is C11H11BrClFO2. The van der Waals surface area contributed by atoms with Crippen LogP contribution < -0.4 is 4.74 Å². The quantitative estimate of drug-likeness (QED) is 0.611. The Kier molecular flexibility index (Phi) is 5.22. The number of Topliss-reactive ketones (excluding diaryl/α,β-unsaturated/α-hetero) is 1. The van der Waals surface area contributed by atoms with Crippen molar-refractivity contribution < 1.29 is 13.9 Å². The summed E-state index contributed by atoms with van der Waals surface area (Å²) in [6, 6.07) is 2.63. The van der Waals surface area contributed by atoms with Crippen molar-refractivity contribution in [3.63, 3.8) is 0 Å². The van der Waals surface area contributed by atoms with Crippen LogP contribution in [0.25, 0.3) is 0 Å². The van der Waals surface area contributed by atoms with Gasteiger partial charge in [-0.2, -0.15) is 0 Å². The third-order valence-corrected chi connectivity index (χ3v) is 2.96. The van der Waals surface area contributed by atoms with Gasteiger partial charge in [-0.1, -0.05) is 0 Å². The number of ketones is 1. The lowest BCUT2D eigenvalue weighted by Gasteiger charge is -2.08. The van der Waals surface area contributed by atoms with Gasteiger partial charge in [-0.15, -0.1) is 11.6 Å². The van der Waals surface area contributed by atoms with E-state index in [1.807, 2.05) is 0 Å². The Morgan fingerprint density at radius 2 is 2.25 bits per heavy atom. The van der Waals surface area contributed by atoms with Crippen molar-refractivity contribution in [3.05, 3.63) is 28.0 Å². The first-order valence-corrected chi connectivity index (χ1v) is 6.05. The number of benzene rings is 1. The Bertz CT molecular complexity index is 396. The van der Waals surface area contributed by atoms with E-state index in [1.165, 1.54) is 19.2 Å². The second-order valence-corrected chi connectivity index (χ2v) is 4.41. The minimum Gasteiger partial charge on any atom is -0.496 e. The van der Waals surface area contributed by atoms with Crippen molar-refractivity contribution in [2.24, 2.45) is 0 Å². The van der Waals surface area contributed by atoms with Crippen molar-refractivity contribution in [3.8, 4) is 5.75 Å². The van der Waals surface area contributed by atoms with E-state index in [9.17, 15) is 9.18 Å². The zero-order chi connectivity index (χ0) is 12.1. The molecular weight excluding hydrogens is 298 g/mol. The van der Waals surface area contributed by atoms with Gasteiger partial charge in [0.05, 0.1) is 17.1 Å². The lowest BCUT2D eigenvalue weighted by molar-refractivity contribution is 0.0979. The highest BCUT2D eigenvalue weighted by molar-refractivity contribution is 9.10. The van der Waals surface area contributed by atoms with E-state index in [0.717, 1.165) is 0 Å². The summed E-state index contributed by atoms with van der Waals surface area (Å²) in [5, 5.41) is 0. The second-order valence-electron chi connectivity index (χ2n) is 3.18. The Morgan fingerprint density at radius 3 is 2.81 bits per heavy atom. The summed E-state index contributed by atoms with van der Waals surface area (Å²) in [7, 11) is 1.40. The number of ether oxygens (including phenoxy) is 1. The second kappa shape index (κ2) is 6.21. The lowest BCUT2D eigenvalue weighted by atomic mass is 10.1. The third-order valence-electron chi connectivity index (χ3n) is 2.08. The van der Waals surface area contributed by atoms with Gasteiger partial charge in [0.25, 0.3) is 0 Å². The van der Waals surface area contributed by atoms with E-state index in [1.54, 1.807) is 0 Å². The summed E-state index contributed by atoms with van der Waals surface area (Å²) in [6.45, 7) is 0. The fourth-order valence-corrected chi connectivity index (χ4v) is 1.75. The normalized spacial score (nSPS) is 10.2. The molecule has 0 N–H and O–H groups in total. The lowest BCUT2D eigenvalue weighted by Crippen LogP contribution is -2.03. The highest BCUT2D eigenvalue weighted by Gasteiger charge is 2.15. The first-order valence-electron chi connectivity index (χ1n) is 4.72. The zero-order valence-corrected chi connectivity index (χ0v) is 11.1. The number of hydrogen-bond donors (Lipinski definition) is 0. The molecule has 0 aromatic heterocycles. The van der Waals surface area contributed by atoms with E-state index in [4.69, 9.17) is 16.3 Å². The van der Waals surface area contributed by atoms with Gasteiger partial charge in [0, 0.05) is 18.4 Å². The standard InChI is InChI=1S/C11H11BrClFO2/c1-16-11-6-9(14)8(12)5-7(11)10(15)3-2-4-13/h5-6H,2-4H2,1H3. The predicted molar refractivity (Wildman–Crippen MR) is 64.9 cm³/mol. The molecule has 0 saturated carbocycles. The van der Waals surface area contributed by atoms with Gasteiger partial charge < -0.3 is 4.74 Å². The Balaban J connectivity index is 3.02. The fourth-order valence-electron chi connectivity index (χ4n) is 1.28. The van der Waals surface area contributed by atoms with Crippen molar-refractivity contribution in [2.45, 2.75) is 12.8 Å². The molecule has 88 valence electrons. The average molecular weight is 310 g/mol. The molecule has 0 saturated heterocycles. The van der Waals surface area contributed by atoms with Crippen LogP contribution in [0.2, 0.25) is 0 Å². The summed E-state index contributed by atoms with van der Waals surface area (Å²) in [5.41, 5.74) is 0.376. The van der Waals surface area contributed by atoms with Gasteiger partial charge in [0.15, 0.2) is 5.78 Å². The Labute approximate surface area is 107 Å². The van der Waals surface area contributed by atoms with Crippen molar-refractivity contribution in [1.82, 2.24) is 0 Å². The molecule has 0 aliphatic carbocycles. The maximum absolute atomic E-state index is 13.2. The van der Waals surface area contributed by atoms with Crippen LogP contribution in [0.15, 0.2) is 16.6 Å². The molecule has 0 spiro atoms. The monoisotopic (exact) mass is 308 g/mol. The maximum Gasteiger partial charge on any atom is 0.166 e. The molecule has 0 atom stereocenters. The van der Waals surface area contributed by atoms with E-state index >= 15 is 0 Å². The van der Waals surface area contributed by atoms with Crippen LogP contribution in [0.3, 0.4) is 0 Å². The van der Waals surface area contributed by atoms with E-state index in [-0.39, 0.29) is 16.0 Å². The smallest absolute Gasteiger partial charge is 0.166 e. The van der Waals surface area contributed by atoms with Crippen LogP contribution in [0.1, 0.15) is 23.2 Å². The van der Waals surface area contributed by atoms with Crippen molar-refractivity contribution in [2.75, 3.05) is 13.0 Å². The largest absolute Gasteiger partial charge is 0.496 e. The number of halogens is 3. The first kappa shape index (κ1) is 13.5. The van der Waals surface area contributed by atoms with Crippen molar-refractivity contribution >= 4 is 33.3 Å². The molecule has 16 heavy (non-hydrogen) atoms. The Hall–Kier alpha value is -0.610. The first-order chi connectivity index (χ1) is 7.60. The molecule has 0 aliphatic rings. The SMILES string of the molecule is COc1cc(F)c(Br)cc1C(=O)CCCCl. The van der Waals surface area contributed by atoms with Gasteiger partial charge in [-0.25, -0.2) is 4.39 Å². The van der Waals surface area contributed by atoms with E-state index in [0.29, 0.717) is 24.3 Å². The topological polar surface area (TPSA) is 26.3 Å². The van der Waals surface area contributed by atoms with Crippen LogP contribution >= 0.6 is 27.5 Å². The molecule has 5 heteroatoms. The Morgan fingerprint density at radius 1 is 1.56 bits per heavy atom. The van der Waals surface area contributed by atoms with Crippen LogP contribution in [-0.2, 0) is 0 Å². The molecule has 0 aliphatic heterocycles. The minimum atomic E-state index is -0.453. The van der Waals surface area contributed by atoms with E-state index in [2.05, 4.69) is 15.9 Å². The van der Waals surface area contributed by atoms with Gasteiger partial charge in [0.2, 0.25) is 0 Å². The van der Waals surface area contributed by atoms with E-state index < -0.39 is 5.82 Å². The minimum absolute atomic E-state index is 0.0989. The number of carbonyl (C=O) groups is 1.